The molecule has 116 heavy (non-hydrogen) atoms. The van der Waals surface area contributed by atoms with Crippen molar-refractivity contribution in [1.29, 1.82) is 0 Å². The molecule has 614 valence electrons. The molecule has 0 radical (unpaired) electrons. The molecule has 0 heterocycles. The number of rotatable bonds is 34. The zero-order valence-electron chi connectivity index (χ0n) is 67.9. The van der Waals surface area contributed by atoms with Crippen molar-refractivity contribution in [2.24, 2.45) is 0 Å². The van der Waals surface area contributed by atoms with Gasteiger partial charge in [-0.1, -0.05) is 183 Å². The predicted octanol–water partition coefficient (Wildman–Crippen LogP) is 22.3. The Morgan fingerprint density at radius 1 is 0.310 bits per heavy atom. The summed E-state index contributed by atoms with van der Waals surface area (Å²) in [6.45, 7) is 21.9. The Morgan fingerprint density at radius 3 is 0.862 bits per heavy atom. The molecule has 0 bridgehead atoms. The third kappa shape index (κ3) is 21.0. The van der Waals surface area contributed by atoms with Crippen LogP contribution in [0.2, 0.25) is 0 Å². The van der Waals surface area contributed by atoms with E-state index in [1.54, 1.807) is 90.1 Å². The van der Waals surface area contributed by atoms with Gasteiger partial charge in [0.15, 0.2) is 0 Å². The molecular weight excluding hydrogens is 1550 g/mol. The van der Waals surface area contributed by atoms with E-state index in [0.717, 1.165) is 64.2 Å². The van der Waals surface area contributed by atoms with Gasteiger partial charge in [0.2, 0.25) is 0 Å². The van der Waals surface area contributed by atoms with Crippen molar-refractivity contribution in [2.45, 2.75) is 217 Å². The summed E-state index contributed by atoms with van der Waals surface area (Å²) in [4.78, 5) is 53.0. The van der Waals surface area contributed by atoms with Crippen LogP contribution in [0.5, 0.6) is 0 Å². The number of hydrogen-bond acceptors (Lipinski definition) is 16. The Bertz CT molecular complexity index is 5730. The van der Waals surface area contributed by atoms with E-state index < -0.39 is 75.4 Å². The summed E-state index contributed by atoms with van der Waals surface area (Å²) in [6, 6.07) is 40.0. The van der Waals surface area contributed by atoms with Gasteiger partial charge >= 0.3 is 24.1 Å². The van der Waals surface area contributed by atoms with Crippen molar-refractivity contribution >= 4 is 163 Å². The molecule has 0 aliphatic rings. The molecule has 0 spiro atoms. The van der Waals surface area contributed by atoms with Gasteiger partial charge in [0.1, 0.15) is 11.2 Å². The minimum atomic E-state index is -4.70. The Labute approximate surface area is 680 Å². The summed E-state index contributed by atoms with van der Waals surface area (Å²) in [6.07, 6.45) is 14.6. The van der Waals surface area contributed by atoms with E-state index in [2.05, 4.69) is 43.4 Å². The zero-order valence-corrected chi connectivity index (χ0v) is 71.2. The van der Waals surface area contributed by atoms with Crippen LogP contribution in [0.3, 0.4) is 0 Å². The number of carbonyl (C=O) groups is 4. The first-order chi connectivity index (χ1) is 54.9. The third-order valence-corrected chi connectivity index (χ3v) is 25.7. The van der Waals surface area contributed by atoms with Crippen LogP contribution in [0.1, 0.15) is 201 Å². The van der Waals surface area contributed by atoms with Crippen molar-refractivity contribution in [3.8, 4) is 0 Å². The molecule has 0 atom stereocenters. The van der Waals surface area contributed by atoms with Crippen LogP contribution >= 0.6 is 0 Å². The third-order valence-electron chi connectivity index (χ3n) is 20.0. The first-order valence-electron chi connectivity index (χ1n) is 39.6. The molecule has 22 nitrogen and oxygen atoms in total. The van der Waals surface area contributed by atoms with E-state index in [1.165, 1.54) is 111 Å². The SMILES string of the molecule is CCCCCCCCCCOC(=O)c1cc(NC(=O)OC(C)(C)C)cc(NS(=O)(=O)c2cc3cc(S(=O)(=O)Nc4cccc(NS(=O)(=O)c5cc6cc(S(=O)(=O)Nc7cc(NC(=O)OC(C)(C)C)cc(C(=O)OCCCCCCCCCC)c7)c7cccc(C)c7c6c6c(C)cccc56)c4)c4cccc(C)c4c3c3c(C)cccc23)c1. The maximum absolute atomic E-state index is 15.4. The topological polar surface area (TPSA) is 314 Å². The largest absolute Gasteiger partial charge is 0.462 e. The van der Waals surface area contributed by atoms with Crippen LogP contribution in [0.4, 0.5) is 43.7 Å². The summed E-state index contributed by atoms with van der Waals surface area (Å²) < 4.78 is 156. The second-order valence-corrected chi connectivity index (χ2v) is 38.4. The van der Waals surface area contributed by atoms with E-state index in [0.29, 0.717) is 89.0 Å². The van der Waals surface area contributed by atoms with Crippen LogP contribution in [-0.4, -0.2) is 82.2 Å². The van der Waals surface area contributed by atoms with Crippen molar-refractivity contribution in [2.75, 3.05) is 42.7 Å². The molecule has 6 N–H and O–H groups in total. The Balaban J connectivity index is 0.918. The molecule has 0 aliphatic heterocycles. The minimum absolute atomic E-state index is 0.0309. The lowest BCUT2D eigenvalue weighted by Gasteiger charge is -2.20. The van der Waals surface area contributed by atoms with Crippen molar-refractivity contribution in [1.82, 2.24) is 0 Å². The lowest BCUT2D eigenvalue weighted by molar-refractivity contribution is 0.0488. The summed E-state index contributed by atoms with van der Waals surface area (Å²) in [5.74, 6) is -1.49. The number of nitrogens with one attached hydrogen (secondary N) is 6. The number of esters is 2. The van der Waals surface area contributed by atoms with Crippen LogP contribution in [0, 0.1) is 27.7 Å². The fourth-order valence-electron chi connectivity index (χ4n) is 14.8. The van der Waals surface area contributed by atoms with Crippen molar-refractivity contribution in [3.63, 3.8) is 0 Å². The number of amides is 2. The predicted molar refractivity (Wildman–Crippen MR) is 465 cm³/mol. The first kappa shape index (κ1) is 86.3. The highest BCUT2D eigenvalue weighted by molar-refractivity contribution is 7.94. The number of aryl methyl sites for hydroxylation is 4. The lowest BCUT2D eigenvalue weighted by atomic mass is 9.92. The molecular formula is C90H104N6O16S4. The summed E-state index contributed by atoms with van der Waals surface area (Å²) in [7, 11) is -18.8. The molecule has 0 saturated carbocycles. The molecule has 0 saturated heterocycles. The molecule has 11 aromatic carbocycles. The van der Waals surface area contributed by atoms with Crippen LogP contribution < -0.4 is 29.5 Å². The maximum Gasteiger partial charge on any atom is 0.412 e. The molecule has 0 fully saturated rings. The number of fused-ring (bicyclic) bond motifs is 10. The van der Waals surface area contributed by atoms with Gasteiger partial charge in [0, 0.05) is 32.9 Å². The van der Waals surface area contributed by atoms with Gasteiger partial charge in [0.25, 0.3) is 40.1 Å². The molecule has 11 rings (SSSR count). The number of unbranched alkanes of at least 4 members (excludes halogenated alkanes) is 14. The first-order valence-corrected chi connectivity index (χ1v) is 45.5. The van der Waals surface area contributed by atoms with E-state index >= 15 is 33.7 Å². The number of benzene rings is 11. The van der Waals surface area contributed by atoms with Gasteiger partial charge in [0.05, 0.1) is 66.7 Å². The average molecular weight is 1650 g/mol. The zero-order chi connectivity index (χ0) is 83.7. The van der Waals surface area contributed by atoms with Crippen LogP contribution in [0.25, 0.3) is 64.6 Å². The average Bonchev–Trinajstić information content (AvgIpc) is 0.719. The Hall–Kier alpha value is -10.5. The van der Waals surface area contributed by atoms with Gasteiger partial charge in [-0.15, -0.1) is 0 Å². The minimum Gasteiger partial charge on any atom is -0.462 e. The van der Waals surface area contributed by atoms with Gasteiger partial charge in [-0.25, -0.2) is 52.8 Å². The molecule has 2 amide bonds. The molecule has 0 unspecified atom stereocenters. The number of sulfonamides is 4. The van der Waals surface area contributed by atoms with Crippen LogP contribution in [0.15, 0.2) is 177 Å². The maximum atomic E-state index is 15.4. The van der Waals surface area contributed by atoms with Gasteiger partial charge in [-0.3, -0.25) is 29.5 Å². The lowest BCUT2D eigenvalue weighted by Crippen LogP contribution is -2.27. The van der Waals surface area contributed by atoms with E-state index in [4.69, 9.17) is 18.9 Å². The van der Waals surface area contributed by atoms with Crippen molar-refractivity contribution < 1.29 is 71.8 Å². The van der Waals surface area contributed by atoms with Gasteiger partial charge in [-0.2, -0.15) is 0 Å². The Kier molecular flexibility index (Phi) is 27.0. The number of ether oxygens (including phenoxy) is 4. The molecule has 11 aromatic rings. The molecule has 0 aliphatic carbocycles. The Morgan fingerprint density at radius 2 is 0.569 bits per heavy atom. The van der Waals surface area contributed by atoms with Gasteiger partial charge in [-0.05, 0) is 226 Å². The second-order valence-electron chi connectivity index (χ2n) is 31.8. The second kappa shape index (κ2) is 36.3. The highest BCUT2D eigenvalue weighted by Crippen LogP contribution is 2.45. The smallest absolute Gasteiger partial charge is 0.412 e. The molecule has 26 heteroatoms. The molecule has 0 aromatic heterocycles. The summed E-state index contributed by atoms with van der Waals surface area (Å²) >= 11 is 0. The normalized spacial score (nSPS) is 12.3. The highest BCUT2D eigenvalue weighted by Gasteiger charge is 2.31. The quantitative estimate of drug-likeness (QED) is 0.00945. The monoisotopic (exact) mass is 1650 g/mol. The van der Waals surface area contributed by atoms with Crippen LogP contribution in [-0.2, 0) is 59.0 Å². The number of hydrogen-bond donors (Lipinski definition) is 6. The fraction of sp³-hybridized carbons (Fsp3) is 0.356. The van der Waals surface area contributed by atoms with E-state index in [-0.39, 0.29) is 88.8 Å². The number of anilines is 6. The van der Waals surface area contributed by atoms with Crippen molar-refractivity contribution in [3.05, 3.63) is 191 Å². The van der Waals surface area contributed by atoms with Gasteiger partial charge < -0.3 is 18.9 Å². The van der Waals surface area contributed by atoms with E-state index in [9.17, 15) is 19.2 Å². The van der Waals surface area contributed by atoms with E-state index in [1.807, 2.05) is 52.0 Å². The number of carbonyl (C=O) groups excluding carboxylic acids is 4. The highest BCUT2D eigenvalue weighted by atomic mass is 32.2. The summed E-state index contributed by atoms with van der Waals surface area (Å²) in [5, 5.41) is 10.0. The fourth-order valence-corrected chi connectivity index (χ4v) is 20.0. The summed E-state index contributed by atoms with van der Waals surface area (Å²) in [5.41, 5.74) is 0.468. The standard InChI is InChI=1S/C90H104N6O16S4/c1-13-15-17-19-21-23-25-27-44-109-85(97)63-46-67(91-87(99)111-89(7,8)9)55-69(48-63)95-115(105,106)77-52-61-50-75(71-40-29-34-57(3)79(71)83(61)81-59(5)36-31-42-73(77)81)113(101,102)93-65-38-33-39-66(54-65)94-114(103,104)76-51-62-53-78(74-43-32-37-60(6)82(74)84(62)80-58(4)35-30-41-72(76)80)116(107,108)96-70-49-64(47-68(56-70)92-88(100)112-90(10,11)12)86(98)110-45-28-26-24-22-20-18-16-14-2/h29-43,46-56,93-96H,13-28,44-45H2,1-12H3,(H,91,99)(H,92,100).